The summed E-state index contributed by atoms with van der Waals surface area (Å²) < 4.78 is 34.0. The van der Waals surface area contributed by atoms with Crippen LogP contribution in [0.25, 0.3) is 21.5 Å². The van der Waals surface area contributed by atoms with E-state index < -0.39 is 0 Å². The van der Waals surface area contributed by atoms with Crippen LogP contribution in [0.3, 0.4) is 0 Å². The molecule has 6 rings (SSSR count). The van der Waals surface area contributed by atoms with Crippen molar-refractivity contribution in [1.82, 2.24) is 0 Å². The lowest BCUT2D eigenvalue weighted by atomic mass is 10.1. The predicted octanol–water partition coefficient (Wildman–Crippen LogP) is 6.84. The first-order valence-corrected chi connectivity index (χ1v) is 14.5. The van der Waals surface area contributed by atoms with Crippen LogP contribution >= 0.6 is 0 Å². The Balaban J connectivity index is 0.885. The van der Waals surface area contributed by atoms with Crippen molar-refractivity contribution in [3.05, 3.63) is 83.9 Å². The molecule has 0 aromatic heterocycles. The highest BCUT2D eigenvalue weighted by molar-refractivity contribution is 5.85. The van der Waals surface area contributed by atoms with Crippen molar-refractivity contribution in [2.45, 2.75) is 51.1 Å². The Morgan fingerprint density at radius 1 is 0.525 bits per heavy atom. The van der Waals surface area contributed by atoms with E-state index in [9.17, 15) is 0 Å². The number of epoxide rings is 2. The molecule has 0 bridgehead atoms. The molecule has 2 atom stereocenters. The van der Waals surface area contributed by atoms with Crippen molar-refractivity contribution in [2.24, 2.45) is 0 Å². The lowest BCUT2D eigenvalue weighted by Gasteiger charge is -2.10. The largest absolute Gasteiger partial charge is 0.494 e. The third-order valence-electron chi connectivity index (χ3n) is 7.34. The van der Waals surface area contributed by atoms with Crippen molar-refractivity contribution in [3.8, 4) is 11.5 Å². The molecule has 2 unspecified atom stereocenters. The molecule has 0 radical (unpaired) electrons. The van der Waals surface area contributed by atoms with Gasteiger partial charge in [0.15, 0.2) is 0 Å². The Morgan fingerprint density at radius 3 is 1.40 bits per heavy atom. The van der Waals surface area contributed by atoms with Crippen molar-refractivity contribution in [2.75, 3.05) is 39.6 Å². The van der Waals surface area contributed by atoms with Crippen molar-refractivity contribution in [3.63, 3.8) is 0 Å². The summed E-state index contributed by atoms with van der Waals surface area (Å²) in [4.78, 5) is 0. The van der Waals surface area contributed by atoms with E-state index in [0.29, 0.717) is 38.6 Å². The number of rotatable bonds is 17. The van der Waals surface area contributed by atoms with Gasteiger partial charge in [-0.05, 0) is 94.8 Å². The van der Waals surface area contributed by atoms with Crippen LogP contribution in [0.1, 0.15) is 36.8 Å². The quantitative estimate of drug-likeness (QED) is 0.108. The van der Waals surface area contributed by atoms with Crippen molar-refractivity contribution >= 4 is 21.5 Å². The first kappa shape index (κ1) is 27.0. The number of hydrogen-bond donors (Lipinski definition) is 0. The lowest BCUT2D eigenvalue weighted by Crippen LogP contribution is -2.02. The maximum absolute atomic E-state index is 6.01. The molecule has 4 aromatic rings. The van der Waals surface area contributed by atoms with Gasteiger partial charge in [-0.3, -0.25) is 0 Å². The summed E-state index contributed by atoms with van der Waals surface area (Å²) in [6.07, 6.45) is 4.68. The Bertz CT molecular complexity index is 1290. The van der Waals surface area contributed by atoms with Crippen LogP contribution in [0.15, 0.2) is 72.8 Å². The molecule has 2 saturated heterocycles. The van der Waals surface area contributed by atoms with Gasteiger partial charge in [-0.2, -0.15) is 0 Å². The van der Waals surface area contributed by atoms with Gasteiger partial charge < -0.3 is 28.4 Å². The van der Waals surface area contributed by atoms with Crippen molar-refractivity contribution < 1.29 is 28.4 Å². The van der Waals surface area contributed by atoms with E-state index in [-0.39, 0.29) is 0 Å². The Kier molecular flexibility index (Phi) is 9.10. The molecule has 40 heavy (non-hydrogen) atoms. The average molecular weight is 543 g/mol. The summed E-state index contributed by atoms with van der Waals surface area (Å²) in [6.45, 7) is 5.87. The zero-order valence-electron chi connectivity index (χ0n) is 23.0. The monoisotopic (exact) mass is 542 g/mol. The van der Waals surface area contributed by atoms with Gasteiger partial charge in [-0.1, -0.05) is 36.4 Å². The molecular formula is C34H38O6. The normalized spacial score (nSPS) is 17.8. The number of benzene rings is 4. The van der Waals surface area contributed by atoms with Gasteiger partial charge in [0.05, 0.1) is 51.8 Å². The van der Waals surface area contributed by atoms with E-state index in [1.165, 1.54) is 32.7 Å². The van der Waals surface area contributed by atoms with Gasteiger partial charge >= 0.3 is 0 Å². The third-order valence-corrected chi connectivity index (χ3v) is 7.34. The van der Waals surface area contributed by atoms with E-state index in [0.717, 1.165) is 63.6 Å². The summed E-state index contributed by atoms with van der Waals surface area (Å²) in [5, 5.41) is 4.75. The van der Waals surface area contributed by atoms with Crippen LogP contribution in [0.2, 0.25) is 0 Å². The molecule has 6 heteroatoms. The molecule has 2 heterocycles. The maximum atomic E-state index is 6.01. The summed E-state index contributed by atoms with van der Waals surface area (Å²) in [5.41, 5.74) is 2.38. The Morgan fingerprint density at radius 2 is 0.950 bits per heavy atom. The fourth-order valence-electron chi connectivity index (χ4n) is 4.77. The van der Waals surface area contributed by atoms with E-state index in [1.807, 2.05) is 12.1 Å². The van der Waals surface area contributed by atoms with E-state index in [2.05, 4.69) is 60.7 Å². The summed E-state index contributed by atoms with van der Waals surface area (Å²) in [7, 11) is 0. The van der Waals surface area contributed by atoms with Crippen LogP contribution in [0.4, 0.5) is 0 Å². The van der Waals surface area contributed by atoms with E-state index in [1.54, 1.807) is 0 Å². The zero-order valence-corrected chi connectivity index (χ0v) is 23.0. The van der Waals surface area contributed by atoms with Crippen LogP contribution in [-0.2, 0) is 32.2 Å². The second-order valence-electron chi connectivity index (χ2n) is 10.7. The first-order valence-electron chi connectivity index (χ1n) is 14.5. The summed E-state index contributed by atoms with van der Waals surface area (Å²) >= 11 is 0. The zero-order chi connectivity index (χ0) is 27.0. The molecule has 0 saturated carbocycles. The molecule has 2 aliphatic heterocycles. The highest BCUT2D eigenvalue weighted by Gasteiger charge is 2.22. The van der Waals surface area contributed by atoms with Gasteiger partial charge in [-0.15, -0.1) is 0 Å². The Labute approximate surface area is 236 Å². The molecule has 0 amide bonds. The van der Waals surface area contributed by atoms with Gasteiger partial charge in [0.25, 0.3) is 0 Å². The fourth-order valence-corrected chi connectivity index (χ4v) is 4.77. The van der Waals surface area contributed by atoms with Gasteiger partial charge in [0.2, 0.25) is 0 Å². The van der Waals surface area contributed by atoms with E-state index >= 15 is 0 Å². The molecule has 2 fully saturated rings. The van der Waals surface area contributed by atoms with Gasteiger partial charge in [0.1, 0.15) is 11.5 Å². The predicted molar refractivity (Wildman–Crippen MR) is 156 cm³/mol. The van der Waals surface area contributed by atoms with Crippen molar-refractivity contribution in [1.29, 1.82) is 0 Å². The highest BCUT2D eigenvalue weighted by atomic mass is 16.6. The minimum absolute atomic E-state index is 0.422. The highest BCUT2D eigenvalue weighted by Crippen LogP contribution is 2.25. The summed E-state index contributed by atoms with van der Waals surface area (Å²) in [5.74, 6) is 1.80. The first-order chi connectivity index (χ1) is 19.8. The molecule has 6 nitrogen and oxygen atoms in total. The standard InChI is InChI=1S/C34H38O6/c1(13-37-31-9-7-27-17-25(3-5-29(27)19-31)21-35-15-11-33-23-39-33)2-14-38-32-10-8-28-18-26(4-6-30(28)20-32)22-36-16-12-34-24-40-34/h3-10,17-20,33-34H,1-2,11-16,21-24H2. The van der Waals surface area contributed by atoms with E-state index in [4.69, 9.17) is 28.4 Å². The molecular weight excluding hydrogens is 504 g/mol. The van der Waals surface area contributed by atoms with Crippen LogP contribution in [-0.4, -0.2) is 51.8 Å². The number of fused-ring (bicyclic) bond motifs is 2. The average Bonchev–Trinajstić information content (AvgIpc) is 3.91. The molecule has 210 valence electrons. The molecule has 0 spiro atoms. The minimum Gasteiger partial charge on any atom is -0.494 e. The van der Waals surface area contributed by atoms with Crippen LogP contribution in [0, 0.1) is 0 Å². The molecule has 2 aliphatic rings. The number of unbranched alkanes of at least 4 members (excludes halogenated alkanes) is 1. The maximum Gasteiger partial charge on any atom is 0.119 e. The van der Waals surface area contributed by atoms with Gasteiger partial charge in [-0.25, -0.2) is 0 Å². The SMILES string of the molecule is c1cc2cc(OCCCCOc3ccc4cc(COCCC5CO5)ccc4c3)ccc2cc1COCCC1CO1. The van der Waals surface area contributed by atoms with Gasteiger partial charge in [0, 0.05) is 13.2 Å². The lowest BCUT2D eigenvalue weighted by molar-refractivity contribution is 0.113. The van der Waals surface area contributed by atoms with Crippen LogP contribution in [0.5, 0.6) is 11.5 Å². The second-order valence-corrected chi connectivity index (χ2v) is 10.7. The third kappa shape index (κ3) is 8.18. The number of hydrogen-bond acceptors (Lipinski definition) is 6. The number of ether oxygens (including phenoxy) is 6. The summed E-state index contributed by atoms with van der Waals surface area (Å²) in [6, 6.07) is 25.5. The smallest absolute Gasteiger partial charge is 0.119 e. The molecule has 0 aliphatic carbocycles. The molecule has 4 aromatic carbocycles. The minimum atomic E-state index is 0.422. The second kappa shape index (κ2) is 13.5. The topological polar surface area (TPSA) is 62.0 Å². The molecule has 0 N–H and O–H groups in total. The fraction of sp³-hybridized carbons (Fsp3) is 0.412. The Hall–Kier alpha value is -3.16. The van der Waals surface area contributed by atoms with Crippen LogP contribution < -0.4 is 9.47 Å².